The Morgan fingerprint density at radius 2 is 1.83 bits per heavy atom. The van der Waals surface area contributed by atoms with E-state index < -0.39 is 0 Å². The molecule has 0 saturated heterocycles. The third-order valence-electron chi connectivity index (χ3n) is 4.29. The van der Waals surface area contributed by atoms with Gasteiger partial charge in [0.1, 0.15) is 17.3 Å². The van der Waals surface area contributed by atoms with Crippen molar-refractivity contribution in [2.45, 2.75) is 26.2 Å². The molecule has 7 heteroatoms. The summed E-state index contributed by atoms with van der Waals surface area (Å²) in [5.41, 5.74) is 4.39. The maximum absolute atomic E-state index is 11.9. The molecule has 1 N–H and O–H groups in total. The van der Waals surface area contributed by atoms with Gasteiger partial charge in [-0.3, -0.25) is 4.79 Å². The highest BCUT2D eigenvalue weighted by atomic mass is 35.5. The molecule has 0 aliphatic heterocycles. The minimum Gasteiger partial charge on any atom is -0.484 e. The summed E-state index contributed by atoms with van der Waals surface area (Å²) in [5, 5.41) is 4.93. The maximum Gasteiger partial charge on any atom is 0.277 e. The average Bonchev–Trinajstić information content (AvgIpc) is 3.14. The summed E-state index contributed by atoms with van der Waals surface area (Å²) in [7, 11) is 0. The number of carbonyl (C=O) groups excluding carboxylic acids is 1. The van der Waals surface area contributed by atoms with E-state index in [1.165, 1.54) is 11.8 Å². The molecule has 1 amide bonds. The molecule has 1 heterocycles. The Morgan fingerprint density at radius 3 is 2.50 bits per heavy atom. The third kappa shape index (κ3) is 5.88. The molecule has 30 heavy (non-hydrogen) atoms. The second kappa shape index (κ2) is 9.37. The molecule has 3 rings (SSSR count). The highest BCUT2D eigenvalue weighted by molar-refractivity contribution is 6.36. The molecule has 1 aromatic heterocycles. The minimum atomic E-state index is -0.376. The number of nitrogens with one attached hydrogen (secondary N) is 1. The number of carbonyl (C=O) groups is 1. The number of hydrazone groups is 1. The van der Waals surface area contributed by atoms with Crippen molar-refractivity contribution in [3.63, 3.8) is 0 Å². The molecule has 0 saturated carbocycles. The molecule has 0 spiro atoms. The van der Waals surface area contributed by atoms with Gasteiger partial charge in [0.05, 0.1) is 11.2 Å². The Morgan fingerprint density at radius 1 is 1.10 bits per heavy atom. The van der Waals surface area contributed by atoms with Gasteiger partial charge in [-0.25, -0.2) is 5.43 Å². The molecule has 0 aliphatic carbocycles. The zero-order chi connectivity index (χ0) is 21.7. The van der Waals surface area contributed by atoms with Gasteiger partial charge in [0, 0.05) is 10.6 Å². The molecular weight excluding hydrogens is 423 g/mol. The lowest BCUT2D eigenvalue weighted by Gasteiger charge is -2.19. The van der Waals surface area contributed by atoms with E-state index in [0.717, 1.165) is 5.56 Å². The number of rotatable bonds is 6. The summed E-state index contributed by atoms with van der Waals surface area (Å²) in [6.07, 6.45) is 1.41. The van der Waals surface area contributed by atoms with Crippen molar-refractivity contribution in [3.8, 4) is 17.1 Å². The highest BCUT2D eigenvalue weighted by Crippen LogP contribution is 2.31. The van der Waals surface area contributed by atoms with Crippen LogP contribution < -0.4 is 10.2 Å². The van der Waals surface area contributed by atoms with E-state index in [2.05, 4.69) is 31.3 Å². The van der Waals surface area contributed by atoms with Crippen molar-refractivity contribution in [2.24, 2.45) is 5.10 Å². The first-order chi connectivity index (χ1) is 14.2. The van der Waals surface area contributed by atoms with Gasteiger partial charge in [-0.2, -0.15) is 5.10 Å². The summed E-state index contributed by atoms with van der Waals surface area (Å²) in [4.78, 5) is 11.9. The van der Waals surface area contributed by atoms with Crippen LogP contribution in [0.2, 0.25) is 10.0 Å². The van der Waals surface area contributed by atoms with Crippen molar-refractivity contribution in [1.29, 1.82) is 0 Å². The lowest BCUT2D eigenvalue weighted by Crippen LogP contribution is -2.24. The first-order valence-corrected chi connectivity index (χ1v) is 10.1. The summed E-state index contributed by atoms with van der Waals surface area (Å²) >= 11 is 12.1. The van der Waals surface area contributed by atoms with Crippen molar-refractivity contribution in [2.75, 3.05) is 6.61 Å². The topological polar surface area (TPSA) is 63.8 Å². The molecule has 0 aliphatic rings. The zero-order valence-electron chi connectivity index (χ0n) is 16.9. The second-order valence-corrected chi connectivity index (χ2v) is 8.53. The molecule has 0 fully saturated rings. The van der Waals surface area contributed by atoms with Crippen LogP contribution in [-0.4, -0.2) is 18.7 Å². The molecule has 0 bridgehead atoms. The van der Waals surface area contributed by atoms with Crippen LogP contribution >= 0.6 is 23.2 Å². The van der Waals surface area contributed by atoms with Crippen LogP contribution in [0.5, 0.6) is 5.75 Å². The van der Waals surface area contributed by atoms with Gasteiger partial charge in [0.15, 0.2) is 6.61 Å². The van der Waals surface area contributed by atoms with Gasteiger partial charge >= 0.3 is 0 Å². The Hall–Kier alpha value is -2.76. The fourth-order valence-electron chi connectivity index (χ4n) is 2.66. The van der Waals surface area contributed by atoms with Crippen molar-refractivity contribution in [1.82, 2.24) is 5.43 Å². The lowest BCUT2D eigenvalue weighted by molar-refractivity contribution is -0.123. The van der Waals surface area contributed by atoms with E-state index in [-0.39, 0.29) is 17.9 Å². The van der Waals surface area contributed by atoms with Gasteiger partial charge < -0.3 is 9.15 Å². The summed E-state index contributed by atoms with van der Waals surface area (Å²) in [6, 6.07) is 16.3. The molecule has 0 radical (unpaired) electrons. The monoisotopic (exact) mass is 444 g/mol. The predicted molar refractivity (Wildman–Crippen MR) is 121 cm³/mol. The standard InChI is InChI=1S/C23H22Cl2N2O3/c1-23(2,3)15-4-7-17(8-5-15)29-14-22(28)27-26-13-18-9-11-21(30-18)19-10-6-16(24)12-20(19)25/h4-13H,14H2,1-3H3,(H,27,28)/b26-13+. The predicted octanol–water partition coefficient (Wildman–Crippen LogP) is 6.08. The Bertz CT molecular complexity index is 1050. The lowest BCUT2D eigenvalue weighted by atomic mass is 9.87. The Kier molecular flexibility index (Phi) is 6.85. The van der Waals surface area contributed by atoms with Crippen LogP contribution in [0.25, 0.3) is 11.3 Å². The van der Waals surface area contributed by atoms with Crippen LogP contribution in [0.15, 0.2) is 64.1 Å². The van der Waals surface area contributed by atoms with Crippen molar-refractivity contribution < 1.29 is 13.9 Å². The molecular formula is C23H22Cl2N2O3. The van der Waals surface area contributed by atoms with Gasteiger partial charge in [0.25, 0.3) is 5.91 Å². The van der Waals surface area contributed by atoms with Crippen LogP contribution in [0.3, 0.4) is 0 Å². The van der Waals surface area contributed by atoms with E-state index in [1.807, 2.05) is 24.3 Å². The van der Waals surface area contributed by atoms with Crippen molar-refractivity contribution >= 4 is 35.3 Å². The van der Waals surface area contributed by atoms with Gasteiger partial charge in [0.2, 0.25) is 0 Å². The van der Waals surface area contributed by atoms with E-state index in [1.54, 1.807) is 30.3 Å². The first kappa shape index (κ1) is 21.9. The number of halogens is 2. The minimum absolute atomic E-state index is 0.0647. The van der Waals surface area contributed by atoms with Crippen molar-refractivity contribution in [3.05, 3.63) is 76.0 Å². The Balaban J connectivity index is 1.51. The number of furan rings is 1. The van der Waals surface area contributed by atoms with E-state index in [9.17, 15) is 4.79 Å². The second-order valence-electron chi connectivity index (χ2n) is 7.68. The fourth-order valence-corrected chi connectivity index (χ4v) is 3.16. The summed E-state index contributed by atoms with van der Waals surface area (Å²) in [6.45, 7) is 6.27. The number of amides is 1. The molecule has 0 unspecified atom stereocenters. The SMILES string of the molecule is CC(C)(C)c1ccc(OCC(=O)N/N=C/c2ccc(-c3ccc(Cl)cc3Cl)o2)cc1. The molecule has 5 nitrogen and oxygen atoms in total. The number of hydrogen-bond donors (Lipinski definition) is 1. The largest absolute Gasteiger partial charge is 0.484 e. The van der Waals surface area contributed by atoms with E-state index in [0.29, 0.717) is 27.3 Å². The molecule has 0 atom stereocenters. The average molecular weight is 445 g/mol. The van der Waals surface area contributed by atoms with Crippen LogP contribution in [-0.2, 0) is 10.2 Å². The van der Waals surface area contributed by atoms with Crippen LogP contribution in [0.1, 0.15) is 32.1 Å². The maximum atomic E-state index is 11.9. The quantitative estimate of drug-likeness (QED) is 0.370. The van der Waals surface area contributed by atoms with E-state index in [4.69, 9.17) is 32.4 Å². The summed E-state index contributed by atoms with van der Waals surface area (Å²) < 4.78 is 11.2. The highest BCUT2D eigenvalue weighted by Gasteiger charge is 2.13. The molecule has 156 valence electrons. The van der Waals surface area contributed by atoms with Gasteiger partial charge in [-0.1, -0.05) is 56.1 Å². The van der Waals surface area contributed by atoms with Crippen LogP contribution in [0.4, 0.5) is 0 Å². The fraction of sp³-hybridized carbons (Fsp3) is 0.217. The van der Waals surface area contributed by atoms with Gasteiger partial charge in [-0.05, 0) is 53.4 Å². The van der Waals surface area contributed by atoms with E-state index >= 15 is 0 Å². The van der Waals surface area contributed by atoms with Crippen LogP contribution in [0, 0.1) is 0 Å². The molecule has 3 aromatic rings. The number of ether oxygens (including phenoxy) is 1. The summed E-state index contributed by atoms with van der Waals surface area (Å²) in [5.74, 6) is 1.29. The Labute approximate surface area is 185 Å². The molecule has 2 aromatic carbocycles. The number of benzene rings is 2. The van der Waals surface area contributed by atoms with Gasteiger partial charge in [-0.15, -0.1) is 0 Å². The third-order valence-corrected chi connectivity index (χ3v) is 4.84. The zero-order valence-corrected chi connectivity index (χ0v) is 18.4. The number of hydrogen-bond acceptors (Lipinski definition) is 4. The first-order valence-electron chi connectivity index (χ1n) is 9.33. The smallest absolute Gasteiger partial charge is 0.277 e. The normalized spacial score (nSPS) is 11.6. The number of nitrogens with zero attached hydrogens (tertiary/aromatic N) is 1.